The van der Waals surface area contributed by atoms with E-state index in [4.69, 9.17) is 0 Å². The Kier molecular flexibility index (Phi) is 3.13. The van der Waals surface area contributed by atoms with Gasteiger partial charge in [0.05, 0.1) is 0 Å². The highest BCUT2D eigenvalue weighted by Crippen LogP contribution is 2.12. The van der Waals surface area contributed by atoms with Gasteiger partial charge < -0.3 is 0 Å². The van der Waals surface area contributed by atoms with E-state index >= 15 is 0 Å². The van der Waals surface area contributed by atoms with Crippen LogP contribution in [0.3, 0.4) is 0 Å². The summed E-state index contributed by atoms with van der Waals surface area (Å²) in [4.78, 5) is 0.573. The minimum atomic E-state index is 0.573. The Hall–Kier alpha value is -0.300. The maximum absolute atomic E-state index is 3.55. The maximum atomic E-state index is 3.55. The van der Waals surface area contributed by atoms with Crippen molar-refractivity contribution in [3.8, 4) is 0 Å². The predicted molar refractivity (Wildman–Crippen MR) is 53.3 cm³/mol. The van der Waals surface area contributed by atoms with E-state index in [1.165, 1.54) is 11.1 Å². The van der Waals surface area contributed by atoms with Crippen LogP contribution in [0, 0.1) is 6.92 Å². The van der Waals surface area contributed by atoms with Gasteiger partial charge in [0.25, 0.3) is 0 Å². The van der Waals surface area contributed by atoms with Crippen LogP contribution in [0.25, 0.3) is 0 Å². The molecule has 1 aromatic carbocycles. The van der Waals surface area contributed by atoms with Crippen molar-refractivity contribution in [2.24, 2.45) is 0 Å². The van der Waals surface area contributed by atoms with Crippen molar-refractivity contribution < 1.29 is 0 Å². The minimum Gasteiger partial charge on any atom is -0.0890 e. The average Bonchev–Trinajstić information content (AvgIpc) is 1.93. The molecular formula is C10H13Br. The maximum Gasteiger partial charge on any atom is 0.0158 e. The van der Waals surface area contributed by atoms with Crippen molar-refractivity contribution in [1.82, 2.24) is 0 Å². The first-order valence-corrected chi connectivity index (χ1v) is 4.80. The van der Waals surface area contributed by atoms with Gasteiger partial charge in [-0.3, -0.25) is 0 Å². The highest BCUT2D eigenvalue weighted by Gasteiger charge is 2.00. The molecule has 0 fully saturated rings. The molecule has 0 heterocycles. The number of halogens is 1. The third-order valence-electron chi connectivity index (χ3n) is 1.76. The van der Waals surface area contributed by atoms with Crippen LogP contribution in [-0.2, 0) is 6.42 Å². The highest BCUT2D eigenvalue weighted by molar-refractivity contribution is 9.09. The van der Waals surface area contributed by atoms with Crippen LogP contribution in [0.5, 0.6) is 0 Å². The van der Waals surface area contributed by atoms with E-state index in [0.717, 1.165) is 6.42 Å². The van der Waals surface area contributed by atoms with Crippen LogP contribution in [-0.4, -0.2) is 4.83 Å². The molecule has 0 aliphatic carbocycles. The van der Waals surface area contributed by atoms with E-state index in [2.05, 4.69) is 54.0 Å². The summed E-state index contributed by atoms with van der Waals surface area (Å²) in [6, 6.07) is 8.52. The molecule has 0 aliphatic heterocycles. The summed E-state index contributed by atoms with van der Waals surface area (Å²) >= 11 is 3.55. The first-order valence-electron chi connectivity index (χ1n) is 3.88. The van der Waals surface area contributed by atoms with Gasteiger partial charge in [-0.15, -0.1) is 0 Å². The lowest BCUT2D eigenvalue weighted by molar-refractivity contribution is 0.949. The van der Waals surface area contributed by atoms with Gasteiger partial charge in [0.15, 0.2) is 0 Å². The van der Waals surface area contributed by atoms with Crippen molar-refractivity contribution in [3.63, 3.8) is 0 Å². The molecule has 0 nitrogen and oxygen atoms in total. The highest BCUT2D eigenvalue weighted by atomic mass is 79.9. The van der Waals surface area contributed by atoms with Crippen molar-refractivity contribution in [2.45, 2.75) is 25.1 Å². The molecule has 11 heavy (non-hydrogen) atoms. The largest absolute Gasteiger partial charge is 0.0890 e. The number of alkyl halides is 1. The van der Waals surface area contributed by atoms with E-state index in [1.807, 2.05) is 0 Å². The number of hydrogen-bond donors (Lipinski definition) is 0. The Morgan fingerprint density at radius 2 is 2.00 bits per heavy atom. The normalized spacial score (nSPS) is 13.0. The van der Waals surface area contributed by atoms with Crippen molar-refractivity contribution >= 4 is 15.9 Å². The monoisotopic (exact) mass is 212 g/mol. The lowest BCUT2D eigenvalue weighted by Gasteiger charge is -2.05. The quantitative estimate of drug-likeness (QED) is 0.661. The second-order valence-electron chi connectivity index (χ2n) is 2.91. The third kappa shape index (κ3) is 2.66. The van der Waals surface area contributed by atoms with Gasteiger partial charge in [0, 0.05) is 4.83 Å². The number of aryl methyl sites for hydroxylation is 1. The van der Waals surface area contributed by atoms with Gasteiger partial charge in [-0.2, -0.15) is 0 Å². The van der Waals surface area contributed by atoms with Crippen LogP contribution >= 0.6 is 15.9 Å². The molecular weight excluding hydrogens is 200 g/mol. The van der Waals surface area contributed by atoms with Crippen LogP contribution in [0.2, 0.25) is 0 Å². The molecule has 0 N–H and O–H groups in total. The van der Waals surface area contributed by atoms with E-state index in [9.17, 15) is 0 Å². The Labute approximate surface area is 76.8 Å². The molecule has 0 aliphatic rings. The Morgan fingerprint density at radius 1 is 1.36 bits per heavy atom. The molecule has 1 aromatic rings. The fourth-order valence-corrected chi connectivity index (χ4v) is 1.49. The summed E-state index contributed by atoms with van der Waals surface area (Å²) in [6.07, 6.45) is 1.12. The van der Waals surface area contributed by atoms with Crippen molar-refractivity contribution in [1.29, 1.82) is 0 Å². The van der Waals surface area contributed by atoms with Crippen LogP contribution < -0.4 is 0 Å². The summed E-state index contributed by atoms with van der Waals surface area (Å²) in [5, 5.41) is 0. The van der Waals surface area contributed by atoms with Crippen molar-refractivity contribution in [2.75, 3.05) is 0 Å². The second kappa shape index (κ2) is 3.91. The third-order valence-corrected chi connectivity index (χ3v) is 2.09. The first kappa shape index (κ1) is 8.79. The Morgan fingerprint density at radius 3 is 2.55 bits per heavy atom. The molecule has 0 saturated heterocycles. The van der Waals surface area contributed by atoms with Crippen LogP contribution in [0.1, 0.15) is 18.1 Å². The molecule has 0 amide bonds. The molecule has 0 aromatic heterocycles. The van der Waals surface area contributed by atoms with Gasteiger partial charge >= 0.3 is 0 Å². The summed E-state index contributed by atoms with van der Waals surface area (Å²) in [6.45, 7) is 4.33. The zero-order valence-electron chi connectivity index (χ0n) is 6.97. The number of rotatable bonds is 2. The molecule has 0 bridgehead atoms. The molecule has 0 saturated carbocycles. The summed E-state index contributed by atoms with van der Waals surface area (Å²) < 4.78 is 0. The summed E-state index contributed by atoms with van der Waals surface area (Å²) in [7, 11) is 0. The fourth-order valence-electron chi connectivity index (χ4n) is 1.14. The van der Waals surface area contributed by atoms with E-state index in [0.29, 0.717) is 4.83 Å². The molecule has 1 rings (SSSR count). The zero-order chi connectivity index (χ0) is 8.27. The van der Waals surface area contributed by atoms with E-state index in [-0.39, 0.29) is 0 Å². The van der Waals surface area contributed by atoms with Crippen molar-refractivity contribution in [3.05, 3.63) is 35.4 Å². The summed E-state index contributed by atoms with van der Waals surface area (Å²) in [5.74, 6) is 0. The lowest BCUT2D eigenvalue weighted by atomic mass is 10.1. The molecule has 0 radical (unpaired) electrons. The number of hydrogen-bond acceptors (Lipinski definition) is 0. The smallest absolute Gasteiger partial charge is 0.0158 e. The second-order valence-corrected chi connectivity index (χ2v) is 4.47. The zero-order valence-corrected chi connectivity index (χ0v) is 8.56. The van der Waals surface area contributed by atoms with Gasteiger partial charge in [-0.1, -0.05) is 47.1 Å². The first-order chi connectivity index (χ1) is 5.20. The van der Waals surface area contributed by atoms with E-state index in [1.54, 1.807) is 0 Å². The molecule has 1 heteroatoms. The fraction of sp³-hybridized carbons (Fsp3) is 0.400. The van der Waals surface area contributed by atoms with Gasteiger partial charge in [0.1, 0.15) is 0 Å². The number of benzene rings is 1. The molecule has 0 unspecified atom stereocenters. The lowest BCUT2D eigenvalue weighted by Crippen LogP contribution is -1.97. The minimum absolute atomic E-state index is 0.573. The summed E-state index contributed by atoms with van der Waals surface area (Å²) in [5.41, 5.74) is 2.83. The van der Waals surface area contributed by atoms with Crippen LogP contribution in [0.4, 0.5) is 0 Å². The standard InChI is InChI=1S/C10H13Br/c1-8-5-3-4-6-10(8)7-9(2)11/h3-6,9H,7H2,1-2H3/t9-/m1/s1. The van der Waals surface area contributed by atoms with Gasteiger partial charge in [-0.05, 0) is 24.5 Å². The SMILES string of the molecule is Cc1ccccc1C[C@@H](C)Br. The molecule has 60 valence electrons. The molecule has 0 spiro atoms. The Balaban J connectivity index is 2.78. The van der Waals surface area contributed by atoms with E-state index < -0.39 is 0 Å². The Bertz CT molecular complexity index is 228. The topological polar surface area (TPSA) is 0 Å². The van der Waals surface area contributed by atoms with Gasteiger partial charge in [-0.25, -0.2) is 0 Å². The average molecular weight is 213 g/mol. The molecule has 1 atom stereocenters. The van der Waals surface area contributed by atoms with Crippen LogP contribution in [0.15, 0.2) is 24.3 Å². The van der Waals surface area contributed by atoms with Gasteiger partial charge in [0.2, 0.25) is 0 Å². The predicted octanol–water partition coefficient (Wildman–Crippen LogP) is 3.32.